The number of hydrogen-bond donors (Lipinski definition) is 1. The van der Waals surface area contributed by atoms with Gasteiger partial charge in [-0.15, -0.1) is 0 Å². The second-order valence-corrected chi connectivity index (χ2v) is 4.53. The van der Waals surface area contributed by atoms with E-state index in [2.05, 4.69) is 9.97 Å². The zero-order valence-corrected chi connectivity index (χ0v) is 9.96. The van der Waals surface area contributed by atoms with E-state index in [0.717, 1.165) is 16.6 Å². The Bertz CT molecular complexity index is 758. The molecule has 2 aromatic carbocycles. The second-order valence-electron chi connectivity index (χ2n) is 4.53. The van der Waals surface area contributed by atoms with Crippen molar-refractivity contribution in [2.45, 2.75) is 5.92 Å². The number of rotatable bonds is 1. The van der Waals surface area contributed by atoms with Gasteiger partial charge in [0.15, 0.2) is 0 Å². The molecule has 0 radical (unpaired) electrons. The molecule has 0 fully saturated rings. The fourth-order valence-corrected chi connectivity index (χ4v) is 2.47. The van der Waals surface area contributed by atoms with Gasteiger partial charge in [0.05, 0.1) is 11.0 Å². The Hall–Kier alpha value is -2.62. The molecule has 1 aromatic heterocycles. The number of hydrogen-bond acceptors (Lipinski definition) is 3. The number of aromatic nitrogens is 2. The van der Waals surface area contributed by atoms with Crippen LogP contribution in [0.25, 0.3) is 11.0 Å². The molecule has 0 spiro atoms. The summed E-state index contributed by atoms with van der Waals surface area (Å²) in [6.45, 7) is 0. The first-order valence-corrected chi connectivity index (χ1v) is 6.08. The molecule has 3 aromatic rings. The summed E-state index contributed by atoms with van der Waals surface area (Å²) in [6, 6.07) is 15.2. The lowest BCUT2D eigenvalue weighted by molar-refractivity contribution is -0.133. The Balaban J connectivity index is 1.90. The molecule has 92 valence electrons. The van der Waals surface area contributed by atoms with Crippen LogP contribution >= 0.6 is 0 Å². The molecule has 4 nitrogen and oxygen atoms in total. The van der Waals surface area contributed by atoms with Gasteiger partial charge in [0.1, 0.15) is 17.5 Å². The van der Waals surface area contributed by atoms with E-state index < -0.39 is 5.92 Å². The van der Waals surface area contributed by atoms with Crippen LogP contribution in [0.1, 0.15) is 17.3 Å². The van der Waals surface area contributed by atoms with E-state index in [0.29, 0.717) is 11.6 Å². The van der Waals surface area contributed by atoms with Gasteiger partial charge in [-0.05, 0) is 18.2 Å². The van der Waals surface area contributed by atoms with E-state index in [1.807, 2.05) is 42.5 Å². The zero-order chi connectivity index (χ0) is 12.8. The van der Waals surface area contributed by atoms with Gasteiger partial charge in [-0.25, -0.2) is 4.98 Å². The topological polar surface area (TPSA) is 55.0 Å². The standard InChI is InChI=1S/C15H10N2O2/c18-15-13(9-5-1-4-8-12(9)19-15)14-16-10-6-2-3-7-11(10)17-14/h1-8,13H,(H,16,17). The molecule has 1 atom stereocenters. The second kappa shape index (κ2) is 3.68. The van der Waals surface area contributed by atoms with Crippen LogP contribution in [0.2, 0.25) is 0 Å². The smallest absolute Gasteiger partial charge is 0.326 e. The number of H-pyrrole nitrogens is 1. The maximum atomic E-state index is 12.0. The average Bonchev–Trinajstić information content (AvgIpc) is 2.97. The van der Waals surface area contributed by atoms with Crippen molar-refractivity contribution in [1.82, 2.24) is 9.97 Å². The van der Waals surface area contributed by atoms with Crippen LogP contribution in [0.5, 0.6) is 5.75 Å². The summed E-state index contributed by atoms with van der Waals surface area (Å²) < 4.78 is 5.27. The van der Waals surface area contributed by atoms with Gasteiger partial charge >= 0.3 is 5.97 Å². The summed E-state index contributed by atoms with van der Waals surface area (Å²) in [5.74, 6) is 0.526. The highest BCUT2D eigenvalue weighted by Gasteiger charge is 2.36. The van der Waals surface area contributed by atoms with E-state index in [4.69, 9.17) is 4.74 Å². The lowest BCUT2D eigenvalue weighted by Gasteiger charge is -2.02. The normalized spacial score (nSPS) is 17.5. The summed E-state index contributed by atoms with van der Waals surface area (Å²) in [6.07, 6.45) is 0. The molecule has 0 bridgehead atoms. The van der Waals surface area contributed by atoms with Crippen LogP contribution in [-0.4, -0.2) is 15.9 Å². The SMILES string of the molecule is O=C1Oc2ccccc2C1c1nc2ccccc2[nH]1. The zero-order valence-electron chi connectivity index (χ0n) is 9.96. The number of carbonyl (C=O) groups is 1. The number of aromatic amines is 1. The first kappa shape index (κ1) is 10.3. The third kappa shape index (κ3) is 1.46. The fourth-order valence-electron chi connectivity index (χ4n) is 2.47. The largest absolute Gasteiger partial charge is 0.425 e. The monoisotopic (exact) mass is 250 g/mol. The van der Waals surface area contributed by atoms with Crippen molar-refractivity contribution in [2.24, 2.45) is 0 Å². The minimum absolute atomic E-state index is 0.278. The van der Waals surface area contributed by atoms with Crippen LogP contribution in [-0.2, 0) is 4.79 Å². The molecule has 0 saturated heterocycles. The van der Waals surface area contributed by atoms with E-state index in [1.165, 1.54) is 0 Å². The van der Waals surface area contributed by atoms with Gasteiger partial charge < -0.3 is 9.72 Å². The van der Waals surface area contributed by atoms with E-state index in [9.17, 15) is 4.79 Å². The van der Waals surface area contributed by atoms with Crippen molar-refractivity contribution in [2.75, 3.05) is 0 Å². The van der Waals surface area contributed by atoms with Gasteiger partial charge in [-0.1, -0.05) is 30.3 Å². The highest BCUT2D eigenvalue weighted by atomic mass is 16.5. The molecular weight excluding hydrogens is 240 g/mol. The molecule has 1 unspecified atom stereocenters. The molecule has 0 saturated carbocycles. The Morgan fingerprint density at radius 1 is 1.05 bits per heavy atom. The van der Waals surface area contributed by atoms with Crippen LogP contribution in [0.3, 0.4) is 0 Å². The molecule has 0 aliphatic carbocycles. The summed E-state index contributed by atoms with van der Waals surface area (Å²) in [4.78, 5) is 19.7. The van der Waals surface area contributed by atoms with Gasteiger partial charge in [0.2, 0.25) is 0 Å². The molecule has 4 heteroatoms. The van der Waals surface area contributed by atoms with Crippen molar-refractivity contribution in [1.29, 1.82) is 0 Å². The number of fused-ring (bicyclic) bond motifs is 2. The van der Waals surface area contributed by atoms with Gasteiger partial charge in [0, 0.05) is 5.56 Å². The number of ether oxygens (including phenoxy) is 1. The number of para-hydroxylation sites is 3. The van der Waals surface area contributed by atoms with Crippen LogP contribution in [0.15, 0.2) is 48.5 Å². The third-order valence-electron chi connectivity index (χ3n) is 3.36. The summed E-state index contributed by atoms with van der Waals surface area (Å²) in [7, 11) is 0. The maximum Gasteiger partial charge on any atom is 0.326 e. The molecule has 1 aliphatic heterocycles. The maximum absolute atomic E-state index is 12.0. The Morgan fingerprint density at radius 2 is 1.84 bits per heavy atom. The van der Waals surface area contributed by atoms with Crippen molar-refractivity contribution in [3.05, 3.63) is 59.9 Å². The molecule has 1 aliphatic rings. The Morgan fingerprint density at radius 3 is 2.74 bits per heavy atom. The van der Waals surface area contributed by atoms with Gasteiger partial charge in [-0.3, -0.25) is 4.79 Å². The third-order valence-corrected chi connectivity index (χ3v) is 3.36. The predicted molar refractivity (Wildman–Crippen MR) is 70.0 cm³/mol. The summed E-state index contributed by atoms with van der Waals surface area (Å²) in [5, 5.41) is 0. The van der Waals surface area contributed by atoms with E-state index in [-0.39, 0.29) is 5.97 Å². The molecule has 1 N–H and O–H groups in total. The molecular formula is C15H10N2O2. The fraction of sp³-hybridized carbons (Fsp3) is 0.0667. The van der Waals surface area contributed by atoms with Gasteiger partial charge in [0.25, 0.3) is 0 Å². The molecule has 19 heavy (non-hydrogen) atoms. The number of imidazole rings is 1. The quantitative estimate of drug-likeness (QED) is 0.533. The number of benzene rings is 2. The van der Waals surface area contributed by atoms with Crippen molar-refractivity contribution < 1.29 is 9.53 Å². The highest BCUT2D eigenvalue weighted by Crippen LogP contribution is 2.38. The first-order chi connectivity index (χ1) is 9.33. The highest BCUT2D eigenvalue weighted by molar-refractivity contribution is 5.89. The molecule has 4 rings (SSSR count). The minimum Gasteiger partial charge on any atom is -0.425 e. The molecule has 2 heterocycles. The van der Waals surface area contributed by atoms with Crippen LogP contribution < -0.4 is 4.74 Å². The first-order valence-electron chi connectivity index (χ1n) is 6.08. The number of esters is 1. The number of nitrogens with one attached hydrogen (secondary N) is 1. The van der Waals surface area contributed by atoms with Crippen LogP contribution in [0, 0.1) is 0 Å². The van der Waals surface area contributed by atoms with Crippen molar-refractivity contribution in [3.8, 4) is 5.75 Å². The van der Waals surface area contributed by atoms with E-state index in [1.54, 1.807) is 6.07 Å². The van der Waals surface area contributed by atoms with Gasteiger partial charge in [-0.2, -0.15) is 0 Å². The Labute approximate surface area is 109 Å². The van der Waals surface area contributed by atoms with Crippen molar-refractivity contribution >= 4 is 17.0 Å². The molecule has 0 amide bonds. The Kier molecular flexibility index (Phi) is 2.00. The van der Waals surface area contributed by atoms with Crippen LogP contribution in [0.4, 0.5) is 0 Å². The van der Waals surface area contributed by atoms with E-state index >= 15 is 0 Å². The van der Waals surface area contributed by atoms with Crippen molar-refractivity contribution in [3.63, 3.8) is 0 Å². The predicted octanol–water partition coefficient (Wildman–Crippen LogP) is 2.61. The lowest BCUT2D eigenvalue weighted by atomic mass is 10.0. The lowest BCUT2D eigenvalue weighted by Crippen LogP contribution is -2.12. The summed E-state index contributed by atoms with van der Waals surface area (Å²) >= 11 is 0. The minimum atomic E-state index is -0.455. The average molecular weight is 250 g/mol. The summed E-state index contributed by atoms with van der Waals surface area (Å²) in [5.41, 5.74) is 2.65. The number of nitrogens with zero attached hydrogens (tertiary/aromatic N) is 1. The number of carbonyl (C=O) groups excluding carboxylic acids is 1.